The maximum atomic E-state index is 9.78. The molecule has 1 unspecified atom stereocenters. The number of hydrogen-bond donors (Lipinski definition) is 2. The summed E-state index contributed by atoms with van der Waals surface area (Å²) in [5.41, 5.74) is 1.99. The average molecular weight is 230 g/mol. The second kappa shape index (κ2) is 5.15. The van der Waals surface area contributed by atoms with Crippen LogP contribution in [0, 0.1) is 5.92 Å². The van der Waals surface area contributed by atoms with E-state index in [4.69, 9.17) is 0 Å². The van der Waals surface area contributed by atoms with E-state index in [1.807, 2.05) is 44.2 Å². The molecule has 0 saturated heterocycles. The molecule has 0 spiro atoms. The fourth-order valence-corrected chi connectivity index (χ4v) is 1.70. The summed E-state index contributed by atoms with van der Waals surface area (Å²) in [4.78, 5) is 4.30. The van der Waals surface area contributed by atoms with Crippen LogP contribution in [0.25, 0.3) is 10.9 Å². The van der Waals surface area contributed by atoms with Gasteiger partial charge in [0.25, 0.3) is 0 Å². The second-order valence-corrected chi connectivity index (χ2v) is 4.57. The van der Waals surface area contributed by atoms with E-state index in [0.29, 0.717) is 6.54 Å². The summed E-state index contributed by atoms with van der Waals surface area (Å²) in [6.07, 6.45) is 1.45. The number of pyridine rings is 1. The highest BCUT2D eigenvalue weighted by Gasteiger charge is 2.09. The summed E-state index contributed by atoms with van der Waals surface area (Å²) in [6, 6.07) is 9.93. The van der Waals surface area contributed by atoms with Gasteiger partial charge in [-0.15, -0.1) is 0 Å². The van der Waals surface area contributed by atoms with Gasteiger partial charge in [-0.3, -0.25) is 4.98 Å². The minimum atomic E-state index is -0.332. The SMILES string of the molecule is CC(C)C(O)CNc1ccnc2ccccc12. The van der Waals surface area contributed by atoms with E-state index in [0.717, 1.165) is 16.6 Å². The first-order valence-electron chi connectivity index (χ1n) is 5.94. The van der Waals surface area contributed by atoms with E-state index in [1.54, 1.807) is 6.20 Å². The first-order chi connectivity index (χ1) is 8.18. The van der Waals surface area contributed by atoms with Crippen LogP contribution >= 0.6 is 0 Å². The van der Waals surface area contributed by atoms with Gasteiger partial charge < -0.3 is 10.4 Å². The highest BCUT2D eigenvalue weighted by atomic mass is 16.3. The molecule has 17 heavy (non-hydrogen) atoms. The molecular weight excluding hydrogens is 212 g/mol. The normalized spacial score (nSPS) is 12.9. The van der Waals surface area contributed by atoms with Gasteiger partial charge in [0.2, 0.25) is 0 Å². The number of para-hydroxylation sites is 1. The van der Waals surface area contributed by atoms with Gasteiger partial charge >= 0.3 is 0 Å². The molecule has 0 amide bonds. The fourth-order valence-electron chi connectivity index (χ4n) is 1.70. The van der Waals surface area contributed by atoms with Crippen LogP contribution in [0.3, 0.4) is 0 Å². The van der Waals surface area contributed by atoms with Crippen molar-refractivity contribution in [2.75, 3.05) is 11.9 Å². The molecule has 1 aromatic carbocycles. The Balaban J connectivity index is 2.19. The van der Waals surface area contributed by atoms with Gasteiger partial charge in [-0.2, -0.15) is 0 Å². The molecule has 2 N–H and O–H groups in total. The van der Waals surface area contributed by atoms with Crippen LogP contribution in [0.2, 0.25) is 0 Å². The standard InChI is InChI=1S/C14H18N2O/c1-10(2)14(17)9-16-13-7-8-15-12-6-4-3-5-11(12)13/h3-8,10,14,17H,9H2,1-2H3,(H,15,16). The molecule has 2 rings (SSSR count). The monoisotopic (exact) mass is 230 g/mol. The maximum absolute atomic E-state index is 9.78. The highest BCUT2D eigenvalue weighted by molar-refractivity contribution is 5.90. The van der Waals surface area contributed by atoms with Gasteiger partial charge in [0.1, 0.15) is 0 Å². The Bertz CT molecular complexity index is 491. The zero-order chi connectivity index (χ0) is 12.3. The van der Waals surface area contributed by atoms with Crippen molar-refractivity contribution < 1.29 is 5.11 Å². The molecule has 90 valence electrons. The molecule has 1 atom stereocenters. The molecule has 1 aromatic heterocycles. The fraction of sp³-hybridized carbons (Fsp3) is 0.357. The maximum Gasteiger partial charge on any atom is 0.0735 e. The van der Waals surface area contributed by atoms with E-state index < -0.39 is 0 Å². The summed E-state index contributed by atoms with van der Waals surface area (Å²) in [7, 11) is 0. The summed E-state index contributed by atoms with van der Waals surface area (Å²) in [5, 5.41) is 14.1. The molecule has 2 aromatic rings. The largest absolute Gasteiger partial charge is 0.391 e. The third kappa shape index (κ3) is 2.74. The summed E-state index contributed by atoms with van der Waals surface area (Å²) in [5.74, 6) is 0.260. The van der Waals surface area contributed by atoms with Crippen LogP contribution in [0.1, 0.15) is 13.8 Å². The topological polar surface area (TPSA) is 45.1 Å². The Morgan fingerprint density at radius 3 is 2.76 bits per heavy atom. The van der Waals surface area contributed by atoms with E-state index in [9.17, 15) is 5.11 Å². The Morgan fingerprint density at radius 2 is 2.00 bits per heavy atom. The number of aliphatic hydroxyl groups excluding tert-OH is 1. The number of nitrogens with zero attached hydrogens (tertiary/aromatic N) is 1. The lowest BCUT2D eigenvalue weighted by molar-refractivity contribution is 0.138. The van der Waals surface area contributed by atoms with Crippen molar-refractivity contribution in [3.8, 4) is 0 Å². The molecule has 0 aliphatic carbocycles. The Hall–Kier alpha value is -1.61. The molecule has 3 nitrogen and oxygen atoms in total. The van der Waals surface area contributed by atoms with Crippen LogP contribution in [0.5, 0.6) is 0 Å². The van der Waals surface area contributed by atoms with Crippen LogP contribution in [-0.2, 0) is 0 Å². The molecular formula is C14H18N2O. The van der Waals surface area contributed by atoms with Crippen LogP contribution in [0.15, 0.2) is 36.5 Å². The number of benzene rings is 1. The van der Waals surface area contributed by atoms with Crippen molar-refractivity contribution in [3.63, 3.8) is 0 Å². The predicted molar refractivity (Wildman–Crippen MR) is 71.1 cm³/mol. The average Bonchev–Trinajstić information content (AvgIpc) is 2.35. The lowest BCUT2D eigenvalue weighted by Crippen LogP contribution is -2.24. The van der Waals surface area contributed by atoms with Crippen molar-refractivity contribution >= 4 is 16.6 Å². The lowest BCUT2D eigenvalue weighted by atomic mass is 10.1. The molecule has 0 bridgehead atoms. The van der Waals surface area contributed by atoms with Crippen molar-refractivity contribution in [1.82, 2.24) is 4.98 Å². The summed E-state index contributed by atoms with van der Waals surface area (Å²) in [6.45, 7) is 4.58. The number of fused-ring (bicyclic) bond motifs is 1. The minimum Gasteiger partial charge on any atom is -0.391 e. The van der Waals surface area contributed by atoms with E-state index in [-0.39, 0.29) is 12.0 Å². The summed E-state index contributed by atoms with van der Waals surface area (Å²) >= 11 is 0. The van der Waals surface area contributed by atoms with Gasteiger partial charge in [0.15, 0.2) is 0 Å². The number of anilines is 1. The molecule has 0 aliphatic heterocycles. The minimum absolute atomic E-state index is 0.260. The Labute approximate surface area is 102 Å². The Kier molecular flexibility index (Phi) is 3.59. The third-order valence-electron chi connectivity index (χ3n) is 2.92. The van der Waals surface area contributed by atoms with Gasteiger partial charge in [-0.05, 0) is 18.1 Å². The first kappa shape index (κ1) is 11.9. The smallest absolute Gasteiger partial charge is 0.0735 e. The number of rotatable bonds is 4. The zero-order valence-electron chi connectivity index (χ0n) is 10.2. The van der Waals surface area contributed by atoms with Crippen LogP contribution in [-0.4, -0.2) is 22.7 Å². The van der Waals surface area contributed by atoms with E-state index >= 15 is 0 Å². The second-order valence-electron chi connectivity index (χ2n) is 4.57. The van der Waals surface area contributed by atoms with Crippen molar-refractivity contribution in [1.29, 1.82) is 0 Å². The molecule has 3 heteroatoms. The van der Waals surface area contributed by atoms with Crippen LogP contribution in [0.4, 0.5) is 5.69 Å². The van der Waals surface area contributed by atoms with Crippen molar-refractivity contribution in [3.05, 3.63) is 36.5 Å². The lowest BCUT2D eigenvalue weighted by Gasteiger charge is -2.16. The highest BCUT2D eigenvalue weighted by Crippen LogP contribution is 2.21. The molecule has 0 fully saturated rings. The molecule has 0 saturated carbocycles. The first-order valence-corrected chi connectivity index (χ1v) is 5.94. The van der Waals surface area contributed by atoms with Gasteiger partial charge in [0, 0.05) is 23.8 Å². The van der Waals surface area contributed by atoms with Crippen molar-refractivity contribution in [2.45, 2.75) is 20.0 Å². The van der Waals surface area contributed by atoms with E-state index in [2.05, 4.69) is 10.3 Å². The predicted octanol–water partition coefficient (Wildman–Crippen LogP) is 2.66. The number of nitrogens with one attached hydrogen (secondary N) is 1. The molecule has 0 radical (unpaired) electrons. The number of aliphatic hydroxyl groups is 1. The van der Waals surface area contributed by atoms with Gasteiger partial charge in [0.05, 0.1) is 11.6 Å². The van der Waals surface area contributed by atoms with E-state index in [1.165, 1.54) is 0 Å². The van der Waals surface area contributed by atoms with Crippen LogP contribution < -0.4 is 5.32 Å². The third-order valence-corrected chi connectivity index (χ3v) is 2.92. The van der Waals surface area contributed by atoms with Gasteiger partial charge in [-0.1, -0.05) is 32.0 Å². The molecule has 0 aliphatic rings. The van der Waals surface area contributed by atoms with Gasteiger partial charge in [-0.25, -0.2) is 0 Å². The molecule has 1 heterocycles. The number of hydrogen-bond acceptors (Lipinski definition) is 3. The quantitative estimate of drug-likeness (QED) is 0.848. The zero-order valence-corrected chi connectivity index (χ0v) is 10.2. The van der Waals surface area contributed by atoms with Crippen molar-refractivity contribution in [2.24, 2.45) is 5.92 Å². The number of aromatic nitrogens is 1. The summed E-state index contributed by atoms with van der Waals surface area (Å²) < 4.78 is 0. The Morgan fingerprint density at radius 1 is 1.24 bits per heavy atom.